The van der Waals surface area contributed by atoms with Crippen molar-refractivity contribution in [2.24, 2.45) is 0 Å². The second-order valence-electron chi connectivity index (χ2n) is 5.60. The number of nitrogens with one attached hydrogen (secondary N) is 1. The van der Waals surface area contributed by atoms with E-state index in [-0.39, 0.29) is 15.7 Å². The lowest BCUT2D eigenvalue weighted by atomic mass is 10.2. The molecular formula is C19H16BrNO6S. The van der Waals surface area contributed by atoms with Crippen molar-refractivity contribution in [1.29, 1.82) is 0 Å². The zero-order valence-electron chi connectivity index (χ0n) is 14.9. The van der Waals surface area contributed by atoms with E-state index in [9.17, 15) is 13.2 Å². The van der Waals surface area contributed by atoms with Crippen molar-refractivity contribution in [3.63, 3.8) is 0 Å². The summed E-state index contributed by atoms with van der Waals surface area (Å²) >= 11 is 3.25. The van der Waals surface area contributed by atoms with Gasteiger partial charge in [-0.05, 0) is 48.5 Å². The van der Waals surface area contributed by atoms with Crippen molar-refractivity contribution in [3.8, 4) is 11.5 Å². The highest BCUT2D eigenvalue weighted by Crippen LogP contribution is 2.30. The third-order valence-corrected chi connectivity index (χ3v) is 6.02. The molecule has 0 fully saturated rings. The molecule has 0 aliphatic heterocycles. The van der Waals surface area contributed by atoms with E-state index in [4.69, 9.17) is 13.9 Å². The normalized spacial score (nSPS) is 11.1. The molecule has 1 heterocycles. The first kappa shape index (κ1) is 20.0. The Bertz CT molecular complexity index is 1110. The van der Waals surface area contributed by atoms with Gasteiger partial charge in [-0.15, -0.1) is 0 Å². The van der Waals surface area contributed by atoms with Gasteiger partial charge in [0.2, 0.25) is 14.9 Å². The molecule has 0 aliphatic carbocycles. The summed E-state index contributed by atoms with van der Waals surface area (Å²) < 4.78 is 41.7. The average molecular weight is 466 g/mol. The highest BCUT2D eigenvalue weighted by atomic mass is 79.9. The Kier molecular flexibility index (Phi) is 5.76. The van der Waals surface area contributed by atoms with Crippen molar-refractivity contribution in [2.75, 3.05) is 19.5 Å². The number of ether oxygens (including phenoxy) is 2. The number of furan rings is 1. The third kappa shape index (κ3) is 4.05. The van der Waals surface area contributed by atoms with E-state index in [0.29, 0.717) is 17.2 Å². The molecular weight excluding hydrogens is 450 g/mol. The van der Waals surface area contributed by atoms with Crippen LogP contribution in [0.4, 0.5) is 5.69 Å². The zero-order chi connectivity index (χ0) is 20.3. The molecule has 0 spiro atoms. The molecule has 3 aromatic rings. The Morgan fingerprint density at radius 3 is 2.36 bits per heavy atom. The quantitative estimate of drug-likeness (QED) is 0.587. The molecule has 0 radical (unpaired) electrons. The standard InChI is InChI=1S/C19H16BrNO6S/c1-25-13-5-8-15(17(11-13)26-2)21-19(22)16-9-10-18(27-16)28(23,24)14-6-3-12(20)4-7-14/h3-11H,1-2H3,(H,21,22). The number of rotatable bonds is 6. The number of hydrogen-bond acceptors (Lipinski definition) is 6. The topological polar surface area (TPSA) is 94.8 Å². The van der Waals surface area contributed by atoms with E-state index in [2.05, 4.69) is 21.2 Å². The molecule has 0 unspecified atom stereocenters. The van der Waals surface area contributed by atoms with E-state index < -0.39 is 15.7 Å². The summed E-state index contributed by atoms with van der Waals surface area (Å²) in [5, 5.41) is 2.31. The summed E-state index contributed by atoms with van der Waals surface area (Å²) in [6.07, 6.45) is 0. The van der Waals surface area contributed by atoms with Crippen LogP contribution in [0.3, 0.4) is 0 Å². The van der Waals surface area contributed by atoms with E-state index in [1.807, 2.05) is 0 Å². The highest BCUT2D eigenvalue weighted by Gasteiger charge is 2.24. The first-order chi connectivity index (χ1) is 13.3. The maximum absolute atomic E-state index is 12.6. The number of benzene rings is 2. The molecule has 1 amide bonds. The molecule has 0 bridgehead atoms. The number of carbonyl (C=O) groups is 1. The molecule has 0 atom stereocenters. The van der Waals surface area contributed by atoms with Crippen LogP contribution in [0, 0.1) is 0 Å². The Labute approximate surface area is 170 Å². The third-order valence-electron chi connectivity index (χ3n) is 3.85. The van der Waals surface area contributed by atoms with Gasteiger partial charge >= 0.3 is 0 Å². The summed E-state index contributed by atoms with van der Waals surface area (Å²) in [5.74, 6) is 0.201. The van der Waals surface area contributed by atoms with E-state index >= 15 is 0 Å². The van der Waals surface area contributed by atoms with Gasteiger partial charge in [-0.3, -0.25) is 4.79 Å². The lowest BCUT2D eigenvalue weighted by Gasteiger charge is -2.10. The number of amides is 1. The fourth-order valence-corrected chi connectivity index (χ4v) is 3.84. The minimum atomic E-state index is -3.87. The van der Waals surface area contributed by atoms with Gasteiger partial charge in [-0.1, -0.05) is 15.9 Å². The molecule has 0 saturated heterocycles. The fraction of sp³-hybridized carbons (Fsp3) is 0.105. The van der Waals surface area contributed by atoms with Gasteiger partial charge < -0.3 is 19.2 Å². The molecule has 0 saturated carbocycles. The Morgan fingerprint density at radius 2 is 1.71 bits per heavy atom. The SMILES string of the molecule is COc1ccc(NC(=O)c2ccc(S(=O)(=O)c3ccc(Br)cc3)o2)c(OC)c1. The Morgan fingerprint density at radius 1 is 1.00 bits per heavy atom. The van der Waals surface area contributed by atoms with Gasteiger partial charge in [0, 0.05) is 10.5 Å². The predicted octanol–water partition coefficient (Wildman–Crippen LogP) is 4.14. The maximum atomic E-state index is 12.6. The van der Waals surface area contributed by atoms with Crippen molar-refractivity contribution >= 4 is 37.4 Å². The van der Waals surface area contributed by atoms with Gasteiger partial charge in [-0.2, -0.15) is 0 Å². The minimum Gasteiger partial charge on any atom is -0.497 e. The van der Waals surface area contributed by atoms with Crippen LogP contribution in [-0.2, 0) is 9.84 Å². The maximum Gasteiger partial charge on any atom is 0.291 e. The number of methoxy groups -OCH3 is 2. The van der Waals surface area contributed by atoms with Crippen LogP contribution in [0.1, 0.15) is 10.6 Å². The van der Waals surface area contributed by atoms with Crippen LogP contribution in [0.25, 0.3) is 0 Å². The number of halogens is 1. The minimum absolute atomic E-state index is 0.0637. The molecule has 9 heteroatoms. The first-order valence-electron chi connectivity index (χ1n) is 7.99. The van der Waals surface area contributed by atoms with E-state index in [0.717, 1.165) is 4.47 Å². The molecule has 0 aliphatic rings. The second-order valence-corrected chi connectivity index (χ2v) is 8.39. The lowest BCUT2D eigenvalue weighted by Crippen LogP contribution is -2.12. The average Bonchev–Trinajstić information content (AvgIpc) is 3.20. The van der Waals surface area contributed by atoms with Crippen molar-refractivity contribution in [3.05, 3.63) is 64.8 Å². The second kappa shape index (κ2) is 8.07. The molecule has 3 rings (SSSR count). The number of anilines is 1. The molecule has 7 nitrogen and oxygen atoms in total. The van der Waals surface area contributed by atoms with Crippen LogP contribution in [0.15, 0.2) is 73.5 Å². The van der Waals surface area contributed by atoms with Crippen molar-refractivity contribution in [2.45, 2.75) is 9.99 Å². The van der Waals surface area contributed by atoms with Crippen molar-refractivity contribution < 1.29 is 27.1 Å². The smallest absolute Gasteiger partial charge is 0.291 e. The first-order valence-corrected chi connectivity index (χ1v) is 10.3. The summed E-state index contributed by atoms with van der Waals surface area (Å²) in [7, 11) is -0.896. The number of hydrogen-bond donors (Lipinski definition) is 1. The summed E-state index contributed by atoms with van der Waals surface area (Å²) in [6.45, 7) is 0. The van der Waals surface area contributed by atoms with Crippen LogP contribution in [0.5, 0.6) is 11.5 Å². The Hall–Kier alpha value is -2.78. The van der Waals surface area contributed by atoms with E-state index in [1.165, 1.54) is 38.5 Å². The Balaban J connectivity index is 1.84. The van der Waals surface area contributed by atoms with Gasteiger partial charge in [0.05, 0.1) is 24.8 Å². The predicted molar refractivity (Wildman–Crippen MR) is 106 cm³/mol. The van der Waals surface area contributed by atoms with Crippen LogP contribution < -0.4 is 14.8 Å². The zero-order valence-corrected chi connectivity index (χ0v) is 17.3. The summed E-state index contributed by atoms with van der Waals surface area (Å²) in [6, 6.07) is 13.5. The molecule has 2 aromatic carbocycles. The summed E-state index contributed by atoms with van der Waals surface area (Å²) in [4.78, 5) is 12.5. The monoisotopic (exact) mass is 465 g/mol. The van der Waals surface area contributed by atoms with Crippen LogP contribution in [-0.4, -0.2) is 28.5 Å². The largest absolute Gasteiger partial charge is 0.497 e. The highest BCUT2D eigenvalue weighted by molar-refractivity contribution is 9.10. The van der Waals surface area contributed by atoms with Gasteiger partial charge in [-0.25, -0.2) is 8.42 Å². The number of carbonyl (C=O) groups excluding carboxylic acids is 1. The molecule has 146 valence electrons. The molecule has 1 aromatic heterocycles. The van der Waals surface area contributed by atoms with Crippen LogP contribution in [0.2, 0.25) is 0 Å². The summed E-state index contributed by atoms with van der Waals surface area (Å²) in [5.41, 5.74) is 0.391. The number of sulfone groups is 1. The van der Waals surface area contributed by atoms with Gasteiger partial charge in [0.25, 0.3) is 5.91 Å². The van der Waals surface area contributed by atoms with Gasteiger partial charge in [0.1, 0.15) is 11.5 Å². The van der Waals surface area contributed by atoms with Crippen molar-refractivity contribution in [1.82, 2.24) is 0 Å². The van der Waals surface area contributed by atoms with E-state index in [1.54, 1.807) is 30.3 Å². The van der Waals surface area contributed by atoms with Crippen LogP contribution >= 0.6 is 15.9 Å². The fourth-order valence-electron chi connectivity index (χ4n) is 2.40. The van der Waals surface area contributed by atoms with Gasteiger partial charge in [0.15, 0.2) is 5.76 Å². The lowest BCUT2D eigenvalue weighted by molar-refractivity contribution is 0.0991. The molecule has 28 heavy (non-hydrogen) atoms. The molecule has 1 N–H and O–H groups in total.